The van der Waals surface area contributed by atoms with Crippen LogP contribution in [0.4, 0.5) is 0 Å². The Hall–Kier alpha value is -1.64. The number of hydrogen-bond donors (Lipinski definition) is 0. The quantitative estimate of drug-likeness (QED) is 0.308. The van der Waals surface area contributed by atoms with Gasteiger partial charge in [0.15, 0.2) is 0 Å². The highest BCUT2D eigenvalue weighted by atomic mass is 15.3. The van der Waals surface area contributed by atoms with Crippen molar-refractivity contribution in [3.05, 3.63) is 36.5 Å². The SMILES string of the molecule is C=C/C(=C\C(=C)C)C1(C/C(=N/N=C)N(C)C)CCC1. The third-order valence-corrected chi connectivity index (χ3v) is 3.74. The maximum atomic E-state index is 4.16. The molecule has 19 heavy (non-hydrogen) atoms. The Kier molecular flexibility index (Phi) is 5.28. The minimum atomic E-state index is 0.147. The monoisotopic (exact) mass is 259 g/mol. The Morgan fingerprint density at radius 2 is 2.00 bits per heavy atom. The van der Waals surface area contributed by atoms with Crippen molar-refractivity contribution in [1.29, 1.82) is 0 Å². The second-order valence-electron chi connectivity index (χ2n) is 5.51. The van der Waals surface area contributed by atoms with Crippen molar-refractivity contribution in [3.8, 4) is 0 Å². The molecule has 0 N–H and O–H groups in total. The number of amidine groups is 1. The van der Waals surface area contributed by atoms with Gasteiger partial charge in [0.05, 0.1) is 0 Å². The first-order valence-corrected chi connectivity index (χ1v) is 6.65. The molecule has 0 aromatic rings. The summed E-state index contributed by atoms with van der Waals surface area (Å²) in [6.45, 7) is 13.4. The van der Waals surface area contributed by atoms with Crippen LogP contribution < -0.4 is 0 Å². The van der Waals surface area contributed by atoms with Gasteiger partial charge in [-0.1, -0.05) is 37.3 Å². The molecule has 0 bridgehead atoms. The lowest BCUT2D eigenvalue weighted by molar-refractivity contribution is 0.197. The molecule has 0 aliphatic heterocycles. The molecule has 1 saturated carbocycles. The van der Waals surface area contributed by atoms with E-state index in [1.807, 2.05) is 32.0 Å². The van der Waals surface area contributed by atoms with Crippen LogP contribution in [0, 0.1) is 5.41 Å². The third-order valence-electron chi connectivity index (χ3n) is 3.74. The zero-order chi connectivity index (χ0) is 14.5. The van der Waals surface area contributed by atoms with Crippen LogP contribution in [0.3, 0.4) is 0 Å². The van der Waals surface area contributed by atoms with Crippen molar-refractivity contribution in [2.24, 2.45) is 15.6 Å². The van der Waals surface area contributed by atoms with Crippen molar-refractivity contribution in [1.82, 2.24) is 4.90 Å². The van der Waals surface area contributed by atoms with Gasteiger partial charge in [0.25, 0.3) is 0 Å². The van der Waals surface area contributed by atoms with Crippen molar-refractivity contribution in [2.75, 3.05) is 14.1 Å². The van der Waals surface area contributed by atoms with Crippen LogP contribution in [0.15, 0.2) is 46.7 Å². The lowest BCUT2D eigenvalue weighted by Gasteiger charge is -2.44. The van der Waals surface area contributed by atoms with Crippen LogP contribution in [0.2, 0.25) is 0 Å². The van der Waals surface area contributed by atoms with E-state index in [1.165, 1.54) is 24.8 Å². The van der Waals surface area contributed by atoms with Crippen molar-refractivity contribution < 1.29 is 0 Å². The molecule has 0 heterocycles. The first kappa shape index (κ1) is 15.4. The Morgan fingerprint density at radius 1 is 1.37 bits per heavy atom. The van der Waals surface area contributed by atoms with E-state index < -0.39 is 0 Å². The van der Waals surface area contributed by atoms with Gasteiger partial charge in [-0.05, 0) is 25.3 Å². The number of rotatable bonds is 6. The van der Waals surface area contributed by atoms with Gasteiger partial charge in [0.1, 0.15) is 5.84 Å². The lowest BCUT2D eigenvalue weighted by atomic mass is 9.61. The third kappa shape index (κ3) is 3.66. The molecule has 0 amide bonds. The predicted molar refractivity (Wildman–Crippen MR) is 84.7 cm³/mol. The lowest BCUT2D eigenvalue weighted by Crippen LogP contribution is -2.37. The van der Waals surface area contributed by atoms with Crippen LogP contribution in [-0.4, -0.2) is 31.5 Å². The topological polar surface area (TPSA) is 28.0 Å². The minimum Gasteiger partial charge on any atom is -0.365 e. The van der Waals surface area contributed by atoms with E-state index in [0.717, 1.165) is 17.8 Å². The number of hydrogen-bond acceptors (Lipinski definition) is 2. The Morgan fingerprint density at radius 3 is 2.32 bits per heavy atom. The highest BCUT2D eigenvalue weighted by Gasteiger charge is 2.40. The second kappa shape index (κ2) is 6.50. The van der Waals surface area contributed by atoms with Crippen molar-refractivity contribution >= 4 is 12.6 Å². The highest BCUT2D eigenvalue weighted by Crippen LogP contribution is 2.50. The molecule has 0 saturated heterocycles. The summed E-state index contributed by atoms with van der Waals surface area (Å²) in [6.07, 6.45) is 8.57. The van der Waals surface area contributed by atoms with Gasteiger partial charge in [-0.15, -0.1) is 5.10 Å². The van der Waals surface area contributed by atoms with E-state index in [-0.39, 0.29) is 5.41 Å². The first-order valence-electron chi connectivity index (χ1n) is 6.65. The smallest absolute Gasteiger partial charge is 0.127 e. The van der Waals surface area contributed by atoms with Crippen LogP contribution >= 0.6 is 0 Å². The molecule has 1 rings (SSSR count). The van der Waals surface area contributed by atoms with Crippen LogP contribution in [-0.2, 0) is 0 Å². The average molecular weight is 259 g/mol. The van der Waals surface area contributed by atoms with Crippen molar-refractivity contribution in [2.45, 2.75) is 32.6 Å². The summed E-state index contributed by atoms with van der Waals surface area (Å²) in [5.41, 5.74) is 2.48. The maximum Gasteiger partial charge on any atom is 0.127 e. The summed E-state index contributed by atoms with van der Waals surface area (Å²) in [5, 5.41) is 7.84. The fraction of sp³-hybridized carbons (Fsp3) is 0.500. The van der Waals surface area contributed by atoms with Gasteiger partial charge >= 0.3 is 0 Å². The molecule has 0 aromatic carbocycles. The van der Waals surface area contributed by atoms with E-state index in [0.29, 0.717) is 0 Å². The van der Waals surface area contributed by atoms with Gasteiger partial charge < -0.3 is 4.90 Å². The van der Waals surface area contributed by atoms with Gasteiger partial charge in [-0.25, -0.2) is 0 Å². The zero-order valence-electron chi connectivity index (χ0n) is 12.4. The van der Waals surface area contributed by atoms with Crippen LogP contribution in [0.1, 0.15) is 32.6 Å². The number of allylic oxidation sites excluding steroid dienone is 4. The minimum absolute atomic E-state index is 0.147. The molecule has 3 nitrogen and oxygen atoms in total. The Bertz CT molecular complexity index is 423. The summed E-state index contributed by atoms with van der Waals surface area (Å²) >= 11 is 0. The van der Waals surface area contributed by atoms with E-state index in [1.54, 1.807) is 0 Å². The largest absolute Gasteiger partial charge is 0.365 e. The first-order chi connectivity index (χ1) is 8.95. The van der Waals surface area contributed by atoms with Crippen LogP contribution in [0.5, 0.6) is 0 Å². The summed E-state index contributed by atoms with van der Waals surface area (Å²) in [7, 11) is 3.98. The van der Waals surface area contributed by atoms with E-state index in [4.69, 9.17) is 0 Å². The van der Waals surface area contributed by atoms with E-state index in [9.17, 15) is 0 Å². The maximum absolute atomic E-state index is 4.16. The molecule has 0 unspecified atom stereocenters. The van der Waals surface area contributed by atoms with Gasteiger partial charge in [-0.2, -0.15) is 5.10 Å². The fourth-order valence-electron chi connectivity index (χ4n) is 2.53. The normalized spacial score (nSPS) is 18.5. The molecule has 0 radical (unpaired) electrons. The van der Waals surface area contributed by atoms with E-state index in [2.05, 4.69) is 36.2 Å². The Balaban J connectivity index is 3.04. The molecule has 3 heteroatoms. The molecule has 104 valence electrons. The van der Waals surface area contributed by atoms with Gasteiger partial charge in [-0.3, -0.25) is 0 Å². The summed E-state index contributed by atoms with van der Waals surface area (Å²) in [4.78, 5) is 2.01. The molecule has 1 fully saturated rings. The van der Waals surface area contributed by atoms with Crippen molar-refractivity contribution in [3.63, 3.8) is 0 Å². The number of nitrogens with zero attached hydrogens (tertiary/aromatic N) is 3. The standard InChI is InChI=1S/C16H25N3/c1-7-14(11-13(2)3)16(9-8-10-16)12-15(18-17-4)19(5)6/h7,11H,1-2,4,8-10,12H2,3,5-6H3/b14-11+,18-15-. The molecule has 0 aromatic heterocycles. The molecular weight excluding hydrogens is 234 g/mol. The van der Waals surface area contributed by atoms with Gasteiger partial charge in [0, 0.05) is 32.6 Å². The van der Waals surface area contributed by atoms with E-state index >= 15 is 0 Å². The average Bonchev–Trinajstić information content (AvgIpc) is 2.29. The summed E-state index contributed by atoms with van der Waals surface area (Å²) < 4.78 is 0. The highest BCUT2D eigenvalue weighted by molar-refractivity contribution is 5.83. The van der Waals surface area contributed by atoms with Gasteiger partial charge in [0.2, 0.25) is 0 Å². The molecule has 1 aliphatic rings. The zero-order valence-corrected chi connectivity index (χ0v) is 12.4. The molecule has 1 aliphatic carbocycles. The molecular formula is C16H25N3. The predicted octanol–water partition coefficient (Wildman–Crippen LogP) is 3.81. The molecule has 0 spiro atoms. The second-order valence-corrected chi connectivity index (χ2v) is 5.51. The molecule has 0 atom stereocenters. The Labute approximate surface area is 117 Å². The summed E-state index contributed by atoms with van der Waals surface area (Å²) in [6, 6.07) is 0. The van der Waals surface area contributed by atoms with Crippen LogP contribution in [0.25, 0.3) is 0 Å². The fourth-order valence-corrected chi connectivity index (χ4v) is 2.53. The summed E-state index contributed by atoms with van der Waals surface area (Å²) in [5.74, 6) is 0.962.